The van der Waals surface area contributed by atoms with Crippen LogP contribution in [0.4, 0.5) is 5.69 Å². The molecule has 2 rings (SSSR count). The standard InChI is InChI=1S/C20H25N3O5S2/c1-3-14-22-29(25,26)15-17-4-9-18(10-5-17)23-20(24)13-8-16-6-11-19(12-7-16)30(27,28)21-2/h3-7,9-12,21-22H,1,8,13-15H2,2H3,(H,23,24). The Morgan fingerprint density at radius 1 is 0.967 bits per heavy atom. The van der Waals surface area contributed by atoms with Crippen molar-refractivity contribution in [3.63, 3.8) is 0 Å². The number of anilines is 1. The van der Waals surface area contributed by atoms with E-state index in [0.717, 1.165) is 5.56 Å². The summed E-state index contributed by atoms with van der Waals surface area (Å²) in [6.45, 7) is 3.64. The van der Waals surface area contributed by atoms with Crippen LogP contribution in [0.5, 0.6) is 0 Å². The molecular weight excluding hydrogens is 426 g/mol. The summed E-state index contributed by atoms with van der Waals surface area (Å²) in [6.07, 6.45) is 2.14. The fourth-order valence-electron chi connectivity index (χ4n) is 2.58. The van der Waals surface area contributed by atoms with Crippen molar-refractivity contribution in [1.29, 1.82) is 0 Å². The first-order valence-corrected chi connectivity index (χ1v) is 12.3. The lowest BCUT2D eigenvalue weighted by Crippen LogP contribution is -2.25. The molecule has 0 atom stereocenters. The monoisotopic (exact) mass is 451 g/mol. The Morgan fingerprint density at radius 2 is 1.57 bits per heavy atom. The van der Waals surface area contributed by atoms with Crippen molar-refractivity contribution in [2.75, 3.05) is 18.9 Å². The van der Waals surface area contributed by atoms with Gasteiger partial charge in [0, 0.05) is 18.7 Å². The quantitative estimate of drug-likeness (QED) is 0.450. The zero-order valence-corrected chi connectivity index (χ0v) is 18.2. The molecule has 3 N–H and O–H groups in total. The lowest BCUT2D eigenvalue weighted by Gasteiger charge is -2.08. The maximum Gasteiger partial charge on any atom is 0.240 e. The Balaban J connectivity index is 1.87. The van der Waals surface area contributed by atoms with Crippen LogP contribution in [0.2, 0.25) is 0 Å². The maximum atomic E-state index is 12.2. The van der Waals surface area contributed by atoms with E-state index < -0.39 is 20.0 Å². The molecule has 10 heteroatoms. The average molecular weight is 452 g/mol. The van der Waals surface area contributed by atoms with Crippen molar-refractivity contribution < 1.29 is 21.6 Å². The summed E-state index contributed by atoms with van der Waals surface area (Å²) >= 11 is 0. The normalized spacial score (nSPS) is 11.8. The zero-order valence-electron chi connectivity index (χ0n) is 16.6. The van der Waals surface area contributed by atoms with Crippen molar-refractivity contribution in [3.8, 4) is 0 Å². The number of sulfonamides is 2. The van der Waals surface area contributed by atoms with E-state index in [-0.39, 0.29) is 29.5 Å². The van der Waals surface area contributed by atoms with Gasteiger partial charge in [0.15, 0.2) is 0 Å². The number of hydrogen-bond acceptors (Lipinski definition) is 5. The van der Waals surface area contributed by atoms with Gasteiger partial charge < -0.3 is 5.32 Å². The number of hydrogen-bond donors (Lipinski definition) is 3. The Labute approximate surface area is 177 Å². The van der Waals surface area contributed by atoms with Crippen LogP contribution < -0.4 is 14.8 Å². The molecule has 0 aliphatic rings. The molecular formula is C20H25N3O5S2. The van der Waals surface area contributed by atoms with E-state index in [2.05, 4.69) is 21.3 Å². The van der Waals surface area contributed by atoms with Gasteiger partial charge in [-0.2, -0.15) is 0 Å². The van der Waals surface area contributed by atoms with Crippen LogP contribution in [-0.4, -0.2) is 36.3 Å². The molecule has 162 valence electrons. The summed E-state index contributed by atoms with van der Waals surface area (Å²) in [7, 11) is -5.57. The SMILES string of the molecule is C=CCNS(=O)(=O)Cc1ccc(NC(=O)CCc2ccc(S(=O)(=O)NC)cc2)cc1. The number of amides is 1. The Bertz CT molecular complexity index is 1080. The van der Waals surface area contributed by atoms with Crippen molar-refractivity contribution >= 4 is 31.6 Å². The molecule has 0 unspecified atom stereocenters. The van der Waals surface area contributed by atoms with Crippen LogP contribution >= 0.6 is 0 Å². The molecule has 0 bridgehead atoms. The maximum absolute atomic E-state index is 12.2. The van der Waals surface area contributed by atoms with Gasteiger partial charge in [-0.3, -0.25) is 4.79 Å². The van der Waals surface area contributed by atoms with Gasteiger partial charge in [0.2, 0.25) is 26.0 Å². The van der Waals surface area contributed by atoms with E-state index in [1.54, 1.807) is 36.4 Å². The summed E-state index contributed by atoms with van der Waals surface area (Å²) < 4.78 is 51.8. The average Bonchev–Trinajstić information content (AvgIpc) is 2.72. The molecule has 0 heterocycles. The molecule has 0 saturated carbocycles. The van der Waals surface area contributed by atoms with Crippen LogP contribution in [0.15, 0.2) is 66.1 Å². The summed E-state index contributed by atoms with van der Waals surface area (Å²) in [4.78, 5) is 12.3. The lowest BCUT2D eigenvalue weighted by atomic mass is 10.1. The molecule has 1 amide bonds. The highest BCUT2D eigenvalue weighted by Gasteiger charge is 2.12. The first-order valence-electron chi connectivity index (χ1n) is 9.15. The molecule has 2 aromatic carbocycles. The van der Waals surface area contributed by atoms with Crippen molar-refractivity contribution in [1.82, 2.24) is 9.44 Å². The van der Waals surface area contributed by atoms with E-state index in [9.17, 15) is 21.6 Å². The molecule has 2 aromatic rings. The number of benzene rings is 2. The Kier molecular flexibility index (Phi) is 8.30. The molecule has 30 heavy (non-hydrogen) atoms. The van der Waals surface area contributed by atoms with E-state index in [1.165, 1.54) is 25.3 Å². The minimum atomic E-state index is -3.48. The summed E-state index contributed by atoms with van der Waals surface area (Å²) in [6, 6.07) is 12.9. The highest BCUT2D eigenvalue weighted by atomic mass is 32.2. The fraction of sp³-hybridized carbons (Fsp3) is 0.250. The van der Waals surface area contributed by atoms with Crippen molar-refractivity contribution in [2.45, 2.75) is 23.5 Å². The van der Waals surface area contributed by atoms with Gasteiger partial charge in [-0.15, -0.1) is 6.58 Å². The summed E-state index contributed by atoms with van der Waals surface area (Å²) in [5.41, 5.74) is 2.00. The smallest absolute Gasteiger partial charge is 0.240 e. The number of carbonyl (C=O) groups excluding carboxylic acids is 1. The predicted octanol–water partition coefficient (Wildman–Crippen LogP) is 1.77. The third-order valence-corrected chi connectivity index (χ3v) is 6.94. The third-order valence-electron chi connectivity index (χ3n) is 4.19. The molecule has 0 radical (unpaired) electrons. The van der Waals surface area contributed by atoms with Crippen LogP contribution in [0.3, 0.4) is 0 Å². The minimum Gasteiger partial charge on any atom is -0.326 e. The second-order valence-corrected chi connectivity index (χ2v) is 10.2. The predicted molar refractivity (Wildman–Crippen MR) is 117 cm³/mol. The molecule has 8 nitrogen and oxygen atoms in total. The second-order valence-electron chi connectivity index (χ2n) is 6.49. The molecule has 0 fully saturated rings. The molecule has 0 aliphatic heterocycles. The van der Waals surface area contributed by atoms with Gasteiger partial charge in [0.05, 0.1) is 10.6 Å². The zero-order chi connectivity index (χ0) is 22.2. The van der Waals surface area contributed by atoms with Gasteiger partial charge in [0.25, 0.3) is 0 Å². The summed E-state index contributed by atoms with van der Waals surface area (Å²) in [5, 5.41) is 2.76. The van der Waals surface area contributed by atoms with Gasteiger partial charge in [-0.1, -0.05) is 30.3 Å². The van der Waals surface area contributed by atoms with Gasteiger partial charge in [0.1, 0.15) is 0 Å². The van der Waals surface area contributed by atoms with Gasteiger partial charge >= 0.3 is 0 Å². The van der Waals surface area contributed by atoms with Crippen LogP contribution in [-0.2, 0) is 37.0 Å². The number of rotatable bonds is 11. The Morgan fingerprint density at radius 3 is 2.13 bits per heavy atom. The third kappa shape index (κ3) is 7.38. The number of nitrogens with one attached hydrogen (secondary N) is 3. The minimum absolute atomic E-state index is 0.158. The highest BCUT2D eigenvalue weighted by molar-refractivity contribution is 7.89. The van der Waals surface area contributed by atoms with E-state index in [1.807, 2.05) is 0 Å². The summed E-state index contributed by atoms with van der Waals surface area (Å²) in [5.74, 6) is -0.358. The topological polar surface area (TPSA) is 121 Å². The molecule has 0 spiro atoms. The Hall–Kier alpha value is -2.53. The first kappa shape index (κ1) is 23.7. The van der Waals surface area contributed by atoms with Gasteiger partial charge in [-0.25, -0.2) is 26.3 Å². The van der Waals surface area contributed by atoms with E-state index >= 15 is 0 Å². The van der Waals surface area contributed by atoms with Gasteiger partial charge in [-0.05, 0) is 48.9 Å². The largest absolute Gasteiger partial charge is 0.326 e. The molecule has 0 aliphatic carbocycles. The van der Waals surface area contributed by atoms with E-state index in [0.29, 0.717) is 17.7 Å². The molecule has 0 saturated heterocycles. The highest BCUT2D eigenvalue weighted by Crippen LogP contribution is 2.14. The van der Waals surface area contributed by atoms with Crippen LogP contribution in [0.1, 0.15) is 17.5 Å². The first-order chi connectivity index (χ1) is 14.1. The lowest BCUT2D eigenvalue weighted by molar-refractivity contribution is -0.116. The number of carbonyl (C=O) groups is 1. The second kappa shape index (κ2) is 10.5. The number of aryl methyl sites for hydroxylation is 1. The van der Waals surface area contributed by atoms with Crippen LogP contribution in [0, 0.1) is 0 Å². The fourth-order valence-corrected chi connectivity index (χ4v) is 4.41. The molecule has 0 aromatic heterocycles. The van der Waals surface area contributed by atoms with Crippen molar-refractivity contribution in [3.05, 3.63) is 72.3 Å². The van der Waals surface area contributed by atoms with Crippen LogP contribution in [0.25, 0.3) is 0 Å². The van der Waals surface area contributed by atoms with Crippen molar-refractivity contribution in [2.24, 2.45) is 0 Å². The van der Waals surface area contributed by atoms with E-state index in [4.69, 9.17) is 0 Å².